The highest BCUT2D eigenvalue weighted by molar-refractivity contribution is 5.66. The van der Waals surface area contributed by atoms with Crippen molar-refractivity contribution in [3.8, 4) is 0 Å². The summed E-state index contributed by atoms with van der Waals surface area (Å²) in [5.41, 5.74) is -1.94. The number of rotatable bonds is 10. The fourth-order valence-electron chi connectivity index (χ4n) is 9.85. The van der Waals surface area contributed by atoms with Gasteiger partial charge in [0.2, 0.25) is 0 Å². The lowest BCUT2D eigenvalue weighted by Crippen LogP contribution is -2.70. The van der Waals surface area contributed by atoms with E-state index in [1.165, 1.54) is 0 Å². The molecule has 1 N–H and O–H groups in total. The van der Waals surface area contributed by atoms with Gasteiger partial charge in [0.15, 0.2) is 0 Å². The Hall–Kier alpha value is -2.93. The van der Waals surface area contributed by atoms with Crippen LogP contribution in [0.5, 0.6) is 0 Å². The third-order valence-electron chi connectivity index (χ3n) is 11.7. The van der Waals surface area contributed by atoms with Crippen molar-refractivity contribution in [3.63, 3.8) is 0 Å². The Morgan fingerprint density at radius 2 is 1.62 bits per heavy atom. The van der Waals surface area contributed by atoms with Gasteiger partial charge in [0, 0.05) is 11.8 Å². The minimum atomic E-state index is -0.896. The van der Waals surface area contributed by atoms with Crippen LogP contribution in [0.15, 0.2) is 0 Å². The largest absolute Gasteiger partial charge is 0.481 e. The van der Waals surface area contributed by atoms with Crippen molar-refractivity contribution in [2.24, 2.45) is 45.8 Å². The van der Waals surface area contributed by atoms with Crippen LogP contribution in [0.3, 0.4) is 0 Å². The van der Waals surface area contributed by atoms with Crippen molar-refractivity contribution in [2.45, 2.75) is 104 Å². The average Bonchev–Trinajstić information content (AvgIpc) is 3.14. The summed E-state index contributed by atoms with van der Waals surface area (Å²) >= 11 is 0. The van der Waals surface area contributed by atoms with Crippen molar-refractivity contribution in [2.75, 3.05) is 0 Å². The Kier molecular flexibility index (Phi) is 7.63. The highest BCUT2D eigenvalue weighted by Gasteiger charge is 2.72. The lowest BCUT2D eigenvalue weighted by molar-refractivity contribution is -0.784. The topological polar surface area (TPSA) is 194 Å². The third kappa shape index (κ3) is 4.83. The quantitative estimate of drug-likeness (QED) is 0.294. The highest BCUT2D eigenvalue weighted by atomic mass is 17.0. The first-order valence-electron chi connectivity index (χ1n) is 13.8. The van der Waals surface area contributed by atoms with Gasteiger partial charge < -0.3 is 19.6 Å². The van der Waals surface area contributed by atoms with E-state index < -0.39 is 61.7 Å². The zero-order valence-corrected chi connectivity index (χ0v) is 22.9. The second-order valence-corrected chi connectivity index (χ2v) is 13.0. The Morgan fingerprint density at radius 1 is 0.974 bits per heavy atom. The Labute approximate surface area is 226 Å². The minimum absolute atomic E-state index is 0.0224. The monoisotopic (exact) mass is 557 g/mol. The van der Waals surface area contributed by atoms with E-state index in [-0.39, 0.29) is 36.5 Å². The molecular formula is C25H39N3O11. The normalized spacial score (nSPS) is 43.6. The molecule has 0 heterocycles. The summed E-state index contributed by atoms with van der Waals surface area (Å²) in [6.07, 6.45) is 1.42. The van der Waals surface area contributed by atoms with Crippen LogP contribution >= 0.6 is 0 Å². The number of carboxylic acid groups (broad SMARTS) is 1. The van der Waals surface area contributed by atoms with E-state index in [1.54, 1.807) is 0 Å². The van der Waals surface area contributed by atoms with Gasteiger partial charge in [-0.05, 0) is 91.8 Å². The van der Waals surface area contributed by atoms with Gasteiger partial charge >= 0.3 is 5.97 Å². The summed E-state index contributed by atoms with van der Waals surface area (Å²) in [6.45, 7) is 8.06. The van der Waals surface area contributed by atoms with Gasteiger partial charge in [0.05, 0.1) is 0 Å². The molecule has 0 spiro atoms. The fraction of sp³-hybridized carbons (Fsp3) is 0.960. The fourth-order valence-corrected chi connectivity index (χ4v) is 9.85. The van der Waals surface area contributed by atoms with E-state index in [4.69, 9.17) is 14.5 Å². The molecular weight excluding hydrogens is 518 g/mol. The zero-order valence-electron chi connectivity index (χ0n) is 22.9. The molecule has 1 unspecified atom stereocenters. The first kappa shape index (κ1) is 29.1. The first-order chi connectivity index (χ1) is 18.1. The Balaban J connectivity index is 1.78. The minimum Gasteiger partial charge on any atom is -0.481 e. The van der Waals surface area contributed by atoms with Crippen LogP contribution in [0.1, 0.15) is 85.5 Å². The number of carbonyl (C=O) groups is 1. The van der Waals surface area contributed by atoms with Gasteiger partial charge in [-0.3, -0.25) is 4.79 Å². The van der Waals surface area contributed by atoms with E-state index in [1.807, 2.05) is 20.8 Å². The van der Waals surface area contributed by atoms with E-state index in [0.717, 1.165) is 12.8 Å². The molecule has 0 amide bonds. The molecule has 4 aliphatic carbocycles. The van der Waals surface area contributed by atoms with Gasteiger partial charge in [-0.1, -0.05) is 27.7 Å². The van der Waals surface area contributed by atoms with Crippen molar-refractivity contribution in [1.82, 2.24) is 0 Å². The predicted octanol–water partition coefficient (Wildman–Crippen LogP) is 4.49. The van der Waals surface area contributed by atoms with Crippen LogP contribution < -0.4 is 0 Å². The first-order valence-corrected chi connectivity index (χ1v) is 13.8. The maximum atomic E-state index is 11.9. The summed E-state index contributed by atoms with van der Waals surface area (Å²) in [5.74, 6) is -1.53. The van der Waals surface area contributed by atoms with Gasteiger partial charge in [-0.2, -0.15) is 0 Å². The summed E-state index contributed by atoms with van der Waals surface area (Å²) in [4.78, 5) is 61.6. The summed E-state index contributed by atoms with van der Waals surface area (Å²) in [6, 6.07) is 0. The van der Waals surface area contributed by atoms with E-state index in [9.17, 15) is 40.2 Å². The molecule has 0 aromatic heterocycles. The molecule has 0 aliphatic heterocycles. The van der Waals surface area contributed by atoms with Crippen LogP contribution in [-0.4, -0.2) is 44.6 Å². The molecule has 0 bridgehead atoms. The van der Waals surface area contributed by atoms with Crippen molar-refractivity contribution < 1.29 is 39.7 Å². The van der Waals surface area contributed by atoms with Crippen LogP contribution in [-0.2, 0) is 19.3 Å². The number of aliphatic carboxylic acids is 1. The molecule has 4 rings (SSSR count). The number of nitrogens with zero attached hydrogens (tertiary/aromatic N) is 3. The number of hydrogen-bond donors (Lipinski definition) is 1. The molecule has 39 heavy (non-hydrogen) atoms. The molecule has 14 nitrogen and oxygen atoms in total. The lowest BCUT2D eigenvalue weighted by Gasteiger charge is -2.69. The third-order valence-corrected chi connectivity index (χ3v) is 11.7. The van der Waals surface area contributed by atoms with Crippen LogP contribution in [0.25, 0.3) is 0 Å². The van der Waals surface area contributed by atoms with E-state index in [0.29, 0.717) is 32.1 Å². The van der Waals surface area contributed by atoms with Crippen molar-refractivity contribution in [3.05, 3.63) is 30.3 Å². The Bertz CT molecular complexity index is 1010. The van der Waals surface area contributed by atoms with Gasteiger partial charge in [-0.15, -0.1) is 30.3 Å². The lowest BCUT2D eigenvalue weighted by atomic mass is 9.36. The summed E-state index contributed by atoms with van der Waals surface area (Å²) < 4.78 is 0. The van der Waals surface area contributed by atoms with E-state index >= 15 is 0 Å². The molecule has 4 saturated carbocycles. The summed E-state index contributed by atoms with van der Waals surface area (Å²) in [5, 5.41) is 41.5. The SMILES string of the molecule is CC(CCC(=O)O)[C@H]1CC[C@H]2[C@@H]3[C@H](O[N+](=O)[O-])C[C@@H]4C[C@H](O[N+](=O)[O-])CC[C@]4(C)[C@@]3(C)[C@H](O[N+](=O)[O-])C[C@]12C. The maximum Gasteiger partial charge on any atom is 0.303 e. The van der Waals surface area contributed by atoms with E-state index in [2.05, 4.69) is 6.92 Å². The average molecular weight is 558 g/mol. The van der Waals surface area contributed by atoms with Gasteiger partial charge in [0.1, 0.15) is 18.3 Å². The van der Waals surface area contributed by atoms with Crippen molar-refractivity contribution >= 4 is 5.97 Å². The molecule has 4 fully saturated rings. The molecule has 0 aromatic rings. The number of fused-ring (bicyclic) bond motifs is 5. The molecule has 11 atom stereocenters. The van der Waals surface area contributed by atoms with Gasteiger partial charge in [0.25, 0.3) is 15.3 Å². The smallest absolute Gasteiger partial charge is 0.303 e. The second kappa shape index (κ2) is 10.2. The molecule has 0 radical (unpaired) electrons. The van der Waals surface area contributed by atoms with Crippen LogP contribution in [0, 0.1) is 76.2 Å². The Morgan fingerprint density at radius 3 is 2.21 bits per heavy atom. The zero-order chi connectivity index (χ0) is 28.9. The van der Waals surface area contributed by atoms with Crippen LogP contribution in [0.4, 0.5) is 0 Å². The van der Waals surface area contributed by atoms with Crippen LogP contribution in [0.2, 0.25) is 0 Å². The number of hydrogen-bond acceptors (Lipinski definition) is 10. The second-order valence-electron chi connectivity index (χ2n) is 13.0. The molecule has 0 saturated heterocycles. The number of carboxylic acids is 1. The van der Waals surface area contributed by atoms with Gasteiger partial charge in [-0.25, -0.2) is 0 Å². The molecule has 220 valence electrons. The standard InChI is InChI=1S/C25H39N3O11/c1-14(5-8-21(29)30)17-6-7-18-22-19(38-27(33)34)12-15-11-16(37-26(31)32)9-10-24(15,3)25(22,4)20(39-28(35)36)13-23(17,18)2/h14-20,22H,5-13H2,1-4H3,(H,29,30)/t14?,15-,16+,17+,18-,19+,20+,22+,23+,24-,25-/m0/s1. The van der Waals surface area contributed by atoms with Crippen molar-refractivity contribution in [1.29, 1.82) is 0 Å². The molecule has 14 heteroatoms. The molecule has 4 aliphatic rings. The summed E-state index contributed by atoms with van der Waals surface area (Å²) in [7, 11) is 0. The highest BCUT2D eigenvalue weighted by Crippen LogP contribution is 2.74. The molecule has 0 aromatic carbocycles. The maximum absolute atomic E-state index is 11.9. The predicted molar refractivity (Wildman–Crippen MR) is 132 cm³/mol.